The molecule has 1 aromatic rings. The first-order valence-corrected chi connectivity index (χ1v) is 9.51. The molecule has 9 heteroatoms. The number of aryl methyl sites for hydroxylation is 1. The van der Waals surface area contributed by atoms with Crippen LogP contribution in [0.2, 0.25) is 0 Å². The minimum atomic E-state index is -3.13. The molecular weight excluding hydrogens is 332 g/mol. The van der Waals surface area contributed by atoms with E-state index in [0.29, 0.717) is 12.2 Å². The van der Waals surface area contributed by atoms with E-state index < -0.39 is 21.8 Å². The fourth-order valence-corrected chi connectivity index (χ4v) is 4.48. The number of pyridine rings is 1. The number of aromatic nitrogens is 1. The highest BCUT2D eigenvalue weighted by molar-refractivity contribution is 7.91. The van der Waals surface area contributed by atoms with Gasteiger partial charge in [-0.25, -0.2) is 18.4 Å². The zero-order valence-corrected chi connectivity index (χ0v) is 14.0. The monoisotopic (exact) mass is 350 g/mol. The van der Waals surface area contributed by atoms with E-state index >= 15 is 0 Å². The van der Waals surface area contributed by atoms with Crippen LogP contribution < -0.4 is 5.32 Å². The molecule has 0 aromatic carbocycles. The summed E-state index contributed by atoms with van der Waals surface area (Å²) < 4.78 is 23.2. The number of carbonyl (C=O) groups excluding carboxylic acids is 2. The van der Waals surface area contributed by atoms with E-state index in [2.05, 4.69) is 15.4 Å². The number of sulfone groups is 1. The lowest BCUT2D eigenvalue weighted by Gasteiger charge is -2.27. The molecule has 1 saturated heterocycles. The third-order valence-electron chi connectivity index (χ3n) is 4.01. The van der Waals surface area contributed by atoms with Crippen molar-refractivity contribution in [3.63, 3.8) is 0 Å². The van der Waals surface area contributed by atoms with Crippen molar-refractivity contribution < 1.29 is 18.0 Å². The lowest BCUT2D eigenvalue weighted by atomic mass is 10.1. The Kier molecular flexibility index (Phi) is 4.35. The highest BCUT2D eigenvalue weighted by Crippen LogP contribution is 2.22. The lowest BCUT2D eigenvalue weighted by Crippen LogP contribution is -2.42. The molecule has 1 aromatic heterocycles. The number of hydrazone groups is 1. The number of rotatable bonds is 3. The van der Waals surface area contributed by atoms with Crippen molar-refractivity contribution in [3.05, 3.63) is 23.9 Å². The molecule has 8 nitrogen and oxygen atoms in total. The number of hydrogen-bond donors (Lipinski definition) is 1. The van der Waals surface area contributed by atoms with Crippen LogP contribution in [0.3, 0.4) is 0 Å². The maximum Gasteiger partial charge on any atom is 0.273 e. The molecule has 0 saturated carbocycles. The first kappa shape index (κ1) is 16.6. The van der Waals surface area contributed by atoms with Crippen LogP contribution in [0.1, 0.15) is 25.0 Å². The van der Waals surface area contributed by atoms with E-state index in [1.807, 2.05) is 13.0 Å². The van der Waals surface area contributed by atoms with Crippen molar-refractivity contribution in [2.45, 2.75) is 32.2 Å². The summed E-state index contributed by atoms with van der Waals surface area (Å²) in [6.45, 7) is 1.81. The van der Waals surface area contributed by atoms with Crippen LogP contribution in [0.4, 0.5) is 5.82 Å². The maximum atomic E-state index is 12.3. The molecule has 0 bridgehead atoms. The minimum absolute atomic E-state index is 0.0473. The van der Waals surface area contributed by atoms with Crippen LogP contribution in [0.15, 0.2) is 23.3 Å². The summed E-state index contributed by atoms with van der Waals surface area (Å²) in [6.07, 6.45) is 0.725. The summed E-state index contributed by atoms with van der Waals surface area (Å²) in [6, 6.07) is 4.78. The van der Waals surface area contributed by atoms with Crippen LogP contribution in [-0.2, 0) is 19.4 Å². The van der Waals surface area contributed by atoms with E-state index in [-0.39, 0.29) is 36.0 Å². The first-order valence-electron chi connectivity index (χ1n) is 7.69. The average Bonchev–Trinajstić information content (AvgIpc) is 2.87. The molecule has 0 aliphatic carbocycles. The standard InChI is InChI=1S/C15H18N4O4S/c1-10-3-2-4-13(16-10)17-15(21)12-5-6-14(20)19(18-12)11-7-8-24(22,23)9-11/h2-4,11H,5-9H2,1H3,(H,16,17,21)/t11-/m1/s1. The fraction of sp³-hybridized carbons (Fsp3) is 0.467. The van der Waals surface area contributed by atoms with Crippen molar-refractivity contribution in [3.8, 4) is 0 Å². The summed E-state index contributed by atoms with van der Waals surface area (Å²) in [7, 11) is -3.13. The molecule has 1 atom stereocenters. The van der Waals surface area contributed by atoms with E-state index in [0.717, 1.165) is 5.69 Å². The van der Waals surface area contributed by atoms with Crippen LogP contribution in [0.25, 0.3) is 0 Å². The molecule has 1 fully saturated rings. The maximum absolute atomic E-state index is 12.3. The predicted molar refractivity (Wildman–Crippen MR) is 88.2 cm³/mol. The molecule has 128 valence electrons. The molecule has 3 heterocycles. The zero-order valence-electron chi connectivity index (χ0n) is 13.2. The Morgan fingerprint density at radius 2 is 2.12 bits per heavy atom. The molecule has 24 heavy (non-hydrogen) atoms. The number of hydrogen-bond acceptors (Lipinski definition) is 6. The van der Waals surface area contributed by atoms with E-state index in [1.165, 1.54) is 5.01 Å². The van der Waals surface area contributed by atoms with Gasteiger partial charge in [-0.15, -0.1) is 0 Å². The molecule has 0 radical (unpaired) electrons. The number of carbonyl (C=O) groups is 2. The smallest absolute Gasteiger partial charge is 0.273 e. The van der Waals surface area contributed by atoms with Gasteiger partial charge in [-0.1, -0.05) is 6.07 Å². The van der Waals surface area contributed by atoms with Crippen LogP contribution in [0.5, 0.6) is 0 Å². The SMILES string of the molecule is Cc1cccc(NC(=O)C2=NN([C@@H]3CCS(=O)(=O)C3)C(=O)CC2)n1. The number of amides is 2. The van der Waals surface area contributed by atoms with E-state index in [9.17, 15) is 18.0 Å². The second-order valence-electron chi connectivity index (χ2n) is 5.96. The number of nitrogens with one attached hydrogen (secondary N) is 1. The third-order valence-corrected chi connectivity index (χ3v) is 5.76. The van der Waals surface area contributed by atoms with Crippen molar-refractivity contribution in [2.24, 2.45) is 5.10 Å². The molecule has 1 N–H and O–H groups in total. The Morgan fingerprint density at radius 1 is 1.33 bits per heavy atom. The normalized spacial score (nSPS) is 23.0. The van der Waals surface area contributed by atoms with Crippen molar-refractivity contribution in [2.75, 3.05) is 16.8 Å². The highest BCUT2D eigenvalue weighted by Gasteiger charge is 2.37. The van der Waals surface area contributed by atoms with Gasteiger partial charge in [0.25, 0.3) is 5.91 Å². The average molecular weight is 350 g/mol. The second-order valence-corrected chi connectivity index (χ2v) is 8.19. The van der Waals surface area contributed by atoms with Crippen molar-refractivity contribution in [1.29, 1.82) is 0 Å². The quantitative estimate of drug-likeness (QED) is 0.853. The number of anilines is 1. The summed E-state index contributed by atoms with van der Waals surface area (Å²) in [5.41, 5.74) is 0.980. The van der Waals surface area contributed by atoms with Gasteiger partial charge in [0.2, 0.25) is 5.91 Å². The second kappa shape index (κ2) is 6.31. The molecule has 2 aliphatic rings. The van der Waals surface area contributed by atoms with Gasteiger partial charge in [0.05, 0.1) is 17.5 Å². The van der Waals surface area contributed by atoms with Crippen molar-refractivity contribution >= 4 is 33.2 Å². The van der Waals surface area contributed by atoms with Crippen LogP contribution in [-0.4, -0.2) is 53.5 Å². The van der Waals surface area contributed by atoms with E-state index in [4.69, 9.17) is 0 Å². The van der Waals surface area contributed by atoms with Gasteiger partial charge in [-0.3, -0.25) is 9.59 Å². The van der Waals surface area contributed by atoms with Crippen LogP contribution >= 0.6 is 0 Å². The van der Waals surface area contributed by atoms with Gasteiger partial charge in [-0.2, -0.15) is 5.10 Å². The van der Waals surface area contributed by atoms with Gasteiger partial charge >= 0.3 is 0 Å². The Balaban J connectivity index is 1.76. The van der Waals surface area contributed by atoms with Gasteiger partial charge in [0.15, 0.2) is 9.84 Å². The highest BCUT2D eigenvalue weighted by atomic mass is 32.2. The minimum Gasteiger partial charge on any atom is -0.305 e. The summed E-state index contributed by atoms with van der Waals surface area (Å²) in [5.74, 6) is -0.314. The van der Waals surface area contributed by atoms with Crippen molar-refractivity contribution in [1.82, 2.24) is 9.99 Å². The van der Waals surface area contributed by atoms with Gasteiger partial charge in [0, 0.05) is 18.5 Å². The third kappa shape index (κ3) is 3.61. The van der Waals surface area contributed by atoms with Gasteiger partial charge in [0.1, 0.15) is 11.5 Å². The van der Waals surface area contributed by atoms with Gasteiger partial charge < -0.3 is 5.32 Å². The largest absolute Gasteiger partial charge is 0.305 e. The molecule has 2 aliphatic heterocycles. The predicted octanol–water partition coefficient (Wildman–Crippen LogP) is 0.494. The Labute approximate surface area is 139 Å². The Morgan fingerprint density at radius 3 is 2.79 bits per heavy atom. The Bertz CT molecular complexity index is 819. The number of nitrogens with zero attached hydrogens (tertiary/aromatic N) is 3. The summed E-state index contributed by atoms with van der Waals surface area (Å²) in [4.78, 5) is 28.6. The summed E-state index contributed by atoms with van der Waals surface area (Å²) >= 11 is 0. The first-order chi connectivity index (χ1) is 11.3. The lowest BCUT2D eigenvalue weighted by molar-refractivity contribution is -0.133. The zero-order chi connectivity index (χ0) is 17.3. The van der Waals surface area contributed by atoms with Crippen LogP contribution in [0, 0.1) is 6.92 Å². The molecule has 3 rings (SSSR count). The molecular formula is C15H18N4O4S. The fourth-order valence-electron chi connectivity index (χ4n) is 2.79. The molecule has 2 amide bonds. The Hall–Kier alpha value is -2.29. The molecule has 0 unspecified atom stereocenters. The summed E-state index contributed by atoms with van der Waals surface area (Å²) in [5, 5.41) is 7.96. The van der Waals surface area contributed by atoms with E-state index in [1.54, 1.807) is 12.1 Å². The van der Waals surface area contributed by atoms with Gasteiger partial charge in [-0.05, 0) is 25.5 Å². The molecule has 0 spiro atoms. The topological polar surface area (TPSA) is 109 Å².